The summed E-state index contributed by atoms with van der Waals surface area (Å²) in [7, 11) is 0. The second-order valence-corrected chi connectivity index (χ2v) is 5.08. The minimum atomic E-state index is -0.713. The number of rotatable bonds is 4. The van der Waals surface area contributed by atoms with E-state index >= 15 is 0 Å². The number of hydrogen-bond acceptors (Lipinski definition) is 3. The van der Waals surface area contributed by atoms with Gasteiger partial charge in [0, 0.05) is 5.56 Å². The summed E-state index contributed by atoms with van der Waals surface area (Å²) in [5, 5.41) is 0. The molecule has 1 aliphatic heterocycles. The summed E-state index contributed by atoms with van der Waals surface area (Å²) in [5.74, 6) is -0.650. The molecule has 0 saturated carbocycles. The van der Waals surface area contributed by atoms with Gasteiger partial charge < -0.3 is 14.2 Å². The fourth-order valence-electron chi connectivity index (χ4n) is 2.27. The van der Waals surface area contributed by atoms with Crippen LogP contribution in [0.15, 0.2) is 48.5 Å². The highest BCUT2D eigenvalue weighted by Crippen LogP contribution is 2.26. The van der Waals surface area contributed by atoms with Crippen molar-refractivity contribution in [1.82, 2.24) is 0 Å². The van der Waals surface area contributed by atoms with Crippen molar-refractivity contribution in [3.63, 3.8) is 0 Å². The van der Waals surface area contributed by atoms with Crippen LogP contribution in [0.3, 0.4) is 0 Å². The molecule has 116 valence electrons. The molecule has 1 fully saturated rings. The van der Waals surface area contributed by atoms with E-state index in [0.717, 1.165) is 5.56 Å². The number of halogens is 2. The average Bonchev–Trinajstić information content (AvgIpc) is 2.54. The molecule has 5 heteroatoms. The highest BCUT2D eigenvalue weighted by molar-refractivity contribution is 5.19. The van der Waals surface area contributed by atoms with Crippen LogP contribution in [0.1, 0.15) is 17.4 Å². The monoisotopic (exact) mass is 306 g/mol. The molecule has 0 radical (unpaired) electrons. The van der Waals surface area contributed by atoms with E-state index in [-0.39, 0.29) is 24.3 Å². The van der Waals surface area contributed by atoms with Gasteiger partial charge in [0.1, 0.15) is 17.7 Å². The summed E-state index contributed by atoms with van der Waals surface area (Å²) in [5.41, 5.74) is 1.13. The SMILES string of the molecule is Fc1cccc(COC2COC(c3ccccc3F)OC2)c1. The summed E-state index contributed by atoms with van der Waals surface area (Å²) in [6.07, 6.45) is -0.971. The lowest BCUT2D eigenvalue weighted by Crippen LogP contribution is -2.33. The Morgan fingerprint density at radius 1 is 1.00 bits per heavy atom. The van der Waals surface area contributed by atoms with E-state index in [1.54, 1.807) is 30.3 Å². The summed E-state index contributed by atoms with van der Waals surface area (Å²) < 4.78 is 43.4. The molecule has 0 amide bonds. The molecule has 1 aliphatic rings. The van der Waals surface area contributed by atoms with Crippen molar-refractivity contribution in [2.75, 3.05) is 13.2 Å². The molecule has 22 heavy (non-hydrogen) atoms. The van der Waals surface area contributed by atoms with Gasteiger partial charge in [-0.2, -0.15) is 0 Å². The summed E-state index contributed by atoms with van der Waals surface area (Å²) in [6, 6.07) is 12.6. The molecule has 0 aliphatic carbocycles. The van der Waals surface area contributed by atoms with Gasteiger partial charge in [-0.1, -0.05) is 30.3 Å². The smallest absolute Gasteiger partial charge is 0.186 e. The Bertz CT molecular complexity index is 625. The highest BCUT2D eigenvalue weighted by Gasteiger charge is 2.25. The molecule has 0 bridgehead atoms. The van der Waals surface area contributed by atoms with Crippen LogP contribution in [0.5, 0.6) is 0 Å². The number of hydrogen-bond donors (Lipinski definition) is 0. The first-order chi connectivity index (χ1) is 10.7. The Morgan fingerprint density at radius 2 is 1.77 bits per heavy atom. The third kappa shape index (κ3) is 3.68. The lowest BCUT2D eigenvalue weighted by Gasteiger charge is -2.29. The molecule has 0 unspecified atom stereocenters. The maximum absolute atomic E-state index is 13.7. The lowest BCUT2D eigenvalue weighted by atomic mass is 10.2. The molecule has 1 heterocycles. The second-order valence-electron chi connectivity index (χ2n) is 5.08. The molecule has 0 aromatic heterocycles. The van der Waals surface area contributed by atoms with Gasteiger partial charge in [-0.15, -0.1) is 0 Å². The van der Waals surface area contributed by atoms with Crippen LogP contribution in [0.25, 0.3) is 0 Å². The summed E-state index contributed by atoms with van der Waals surface area (Å²) >= 11 is 0. The molecule has 0 N–H and O–H groups in total. The first-order valence-corrected chi connectivity index (χ1v) is 7.06. The van der Waals surface area contributed by atoms with Gasteiger partial charge in [-0.05, 0) is 23.8 Å². The Labute approximate surface area is 127 Å². The average molecular weight is 306 g/mol. The van der Waals surface area contributed by atoms with Gasteiger partial charge in [0.2, 0.25) is 0 Å². The zero-order chi connectivity index (χ0) is 15.4. The minimum absolute atomic E-state index is 0.258. The zero-order valence-electron chi connectivity index (χ0n) is 11.9. The number of benzene rings is 2. The molecule has 3 nitrogen and oxygen atoms in total. The topological polar surface area (TPSA) is 27.7 Å². The normalized spacial score (nSPS) is 21.7. The Balaban J connectivity index is 1.51. The highest BCUT2D eigenvalue weighted by atomic mass is 19.1. The van der Waals surface area contributed by atoms with E-state index in [4.69, 9.17) is 14.2 Å². The van der Waals surface area contributed by atoms with Crippen LogP contribution in [0.4, 0.5) is 8.78 Å². The van der Waals surface area contributed by atoms with Gasteiger partial charge in [-0.25, -0.2) is 8.78 Å². The third-order valence-corrected chi connectivity index (χ3v) is 3.40. The molecule has 2 aromatic carbocycles. The van der Waals surface area contributed by atoms with E-state index < -0.39 is 6.29 Å². The van der Waals surface area contributed by atoms with Gasteiger partial charge in [0.25, 0.3) is 0 Å². The fraction of sp³-hybridized carbons (Fsp3) is 0.294. The standard InChI is InChI=1S/C17H16F2O3/c18-13-5-3-4-12(8-13)9-20-14-10-21-17(22-11-14)15-6-1-2-7-16(15)19/h1-8,14,17H,9-11H2. The molecule has 1 saturated heterocycles. The quantitative estimate of drug-likeness (QED) is 0.864. The minimum Gasteiger partial charge on any atom is -0.369 e. The molecule has 0 spiro atoms. The Hall–Kier alpha value is -1.82. The Kier molecular flexibility index (Phi) is 4.77. The molecule has 2 aromatic rings. The maximum Gasteiger partial charge on any atom is 0.186 e. The first-order valence-electron chi connectivity index (χ1n) is 7.06. The van der Waals surface area contributed by atoms with Gasteiger partial charge in [0.15, 0.2) is 6.29 Å². The molecular weight excluding hydrogens is 290 g/mol. The van der Waals surface area contributed by atoms with Crippen molar-refractivity contribution in [3.05, 3.63) is 71.3 Å². The number of ether oxygens (including phenoxy) is 3. The van der Waals surface area contributed by atoms with Gasteiger partial charge in [-0.3, -0.25) is 0 Å². The first kappa shape index (κ1) is 15.1. The van der Waals surface area contributed by atoms with Gasteiger partial charge >= 0.3 is 0 Å². The molecular formula is C17H16F2O3. The fourth-order valence-corrected chi connectivity index (χ4v) is 2.27. The van der Waals surface area contributed by atoms with Crippen LogP contribution >= 0.6 is 0 Å². The van der Waals surface area contributed by atoms with E-state index in [1.807, 2.05) is 0 Å². The summed E-state index contributed by atoms with van der Waals surface area (Å²) in [6.45, 7) is 0.877. The van der Waals surface area contributed by atoms with Crippen molar-refractivity contribution < 1.29 is 23.0 Å². The van der Waals surface area contributed by atoms with Crippen molar-refractivity contribution >= 4 is 0 Å². The van der Waals surface area contributed by atoms with Crippen LogP contribution in [0.2, 0.25) is 0 Å². The van der Waals surface area contributed by atoms with Crippen LogP contribution < -0.4 is 0 Å². The molecule has 3 rings (SSSR count). The van der Waals surface area contributed by atoms with Crippen molar-refractivity contribution in [3.8, 4) is 0 Å². The van der Waals surface area contributed by atoms with Crippen LogP contribution in [-0.2, 0) is 20.8 Å². The summed E-state index contributed by atoms with van der Waals surface area (Å²) in [4.78, 5) is 0. The van der Waals surface area contributed by atoms with Crippen LogP contribution in [-0.4, -0.2) is 19.3 Å². The lowest BCUT2D eigenvalue weighted by molar-refractivity contribution is -0.233. The Morgan fingerprint density at radius 3 is 2.50 bits per heavy atom. The van der Waals surface area contributed by atoms with Crippen molar-refractivity contribution in [2.45, 2.75) is 19.0 Å². The predicted molar refractivity (Wildman–Crippen MR) is 76.0 cm³/mol. The third-order valence-electron chi connectivity index (χ3n) is 3.40. The zero-order valence-corrected chi connectivity index (χ0v) is 11.9. The van der Waals surface area contributed by atoms with Gasteiger partial charge in [0.05, 0.1) is 19.8 Å². The van der Waals surface area contributed by atoms with E-state index in [2.05, 4.69) is 0 Å². The second kappa shape index (κ2) is 6.96. The van der Waals surface area contributed by atoms with Crippen LogP contribution in [0, 0.1) is 11.6 Å². The van der Waals surface area contributed by atoms with E-state index in [9.17, 15) is 8.78 Å². The van der Waals surface area contributed by atoms with Crippen molar-refractivity contribution in [2.24, 2.45) is 0 Å². The maximum atomic E-state index is 13.7. The van der Waals surface area contributed by atoms with E-state index in [1.165, 1.54) is 18.2 Å². The largest absolute Gasteiger partial charge is 0.369 e. The van der Waals surface area contributed by atoms with E-state index in [0.29, 0.717) is 18.8 Å². The predicted octanol–water partition coefficient (Wildman–Crippen LogP) is 3.60. The van der Waals surface area contributed by atoms with Crippen molar-refractivity contribution in [1.29, 1.82) is 0 Å². The molecule has 0 atom stereocenters.